The van der Waals surface area contributed by atoms with Crippen LogP contribution < -0.4 is 5.32 Å². The van der Waals surface area contributed by atoms with E-state index >= 15 is 0 Å². The lowest BCUT2D eigenvalue weighted by atomic mass is 10.0. The van der Waals surface area contributed by atoms with Gasteiger partial charge in [-0.25, -0.2) is 0 Å². The van der Waals surface area contributed by atoms with Crippen LogP contribution >= 0.6 is 0 Å². The average molecular weight is 269 g/mol. The summed E-state index contributed by atoms with van der Waals surface area (Å²) in [6.07, 6.45) is 8.81. The number of hydrogen-bond donors (Lipinski definition) is 1. The Kier molecular flexibility index (Phi) is 4.16. The van der Waals surface area contributed by atoms with Crippen LogP contribution in [0.2, 0.25) is 0 Å². The SMILES string of the molecule is CC(NCCCn1cccn1)c1ccc2c(c1)CCC2. The summed E-state index contributed by atoms with van der Waals surface area (Å²) in [5.41, 5.74) is 4.54. The van der Waals surface area contributed by atoms with Crippen molar-refractivity contribution in [3.05, 3.63) is 53.3 Å². The second-order valence-electron chi connectivity index (χ2n) is 5.68. The highest BCUT2D eigenvalue weighted by atomic mass is 15.3. The van der Waals surface area contributed by atoms with Gasteiger partial charge in [-0.05, 0) is 61.9 Å². The molecule has 0 radical (unpaired) electrons. The average Bonchev–Trinajstić information content (AvgIpc) is 3.13. The molecule has 1 aromatic heterocycles. The number of hydrogen-bond acceptors (Lipinski definition) is 2. The molecular formula is C17H23N3. The van der Waals surface area contributed by atoms with Crippen molar-refractivity contribution in [2.24, 2.45) is 0 Å². The van der Waals surface area contributed by atoms with Gasteiger partial charge in [0.1, 0.15) is 0 Å². The molecule has 3 heteroatoms. The van der Waals surface area contributed by atoms with E-state index in [-0.39, 0.29) is 0 Å². The zero-order valence-electron chi connectivity index (χ0n) is 12.2. The molecule has 1 aliphatic rings. The quantitative estimate of drug-likeness (QED) is 0.817. The molecule has 1 atom stereocenters. The van der Waals surface area contributed by atoms with Crippen LogP contribution in [0.1, 0.15) is 42.5 Å². The van der Waals surface area contributed by atoms with Gasteiger partial charge in [0.25, 0.3) is 0 Å². The molecule has 0 bridgehead atoms. The van der Waals surface area contributed by atoms with Gasteiger partial charge in [0, 0.05) is 25.0 Å². The van der Waals surface area contributed by atoms with Crippen molar-refractivity contribution in [2.45, 2.75) is 45.2 Å². The predicted octanol–water partition coefficient (Wildman–Crippen LogP) is 3.11. The maximum Gasteiger partial charge on any atom is 0.0489 e. The molecule has 1 aromatic carbocycles. The molecule has 1 unspecified atom stereocenters. The molecule has 0 saturated carbocycles. The zero-order chi connectivity index (χ0) is 13.8. The minimum Gasteiger partial charge on any atom is -0.310 e. The standard InChI is InChI=1S/C17H23N3/c1-14(18-9-3-11-20-12-4-10-19-20)16-8-7-15-5-2-6-17(15)13-16/h4,7-8,10,12-14,18H,2-3,5-6,9,11H2,1H3. The van der Waals surface area contributed by atoms with Crippen molar-refractivity contribution in [3.8, 4) is 0 Å². The number of rotatable bonds is 6. The van der Waals surface area contributed by atoms with Crippen LogP contribution in [0, 0.1) is 0 Å². The summed E-state index contributed by atoms with van der Waals surface area (Å²) in [4.78, 5) is 0. The Morgan fingerprint density at radius 1 is 1.30 bits per heavy atom. The highest BCUT2D eigenvalue weighted by Crippen LogP contribution is 2.25. The fourth-order valence-electron chi connectivity index (χ4n) is 2.97. The minimum atomic E-state index is 0.429. The van der Waals surface area contributed by atoms with Gasteiger partial charge in [-0.15, -0.1) is 0 Å². The van der Waals surface area contributed by atoms with Crippen molar-refractivity contribution in [1.29, 1.82) is 0 Å². The molecule has 1 heterocycles. The van der Waals surface area contributed by atoms with Crippen LogP contribution in [0.15, 0.2) is 36.7 Å². The van der Waals surface area contributed by atoms with Gasteiger partial charge < -0.3 is 5.32 Å². The number of fused-ring (bicyclic) bond motifs is 1. The molecule has 3 rings (SSSR count). The monoisotopic (exact) mass is 269 g/mol. The molecule has 20 heavy (non-hydrogen) atoms. The van der Waals surface area contributed by atoms with Crippen molar-refractivity contribution in [1.82, 2.24) is 15.1 Å². The number of benzene rings is 1. The van der Waals surface area contributed by atoms with E-state index in [4.69, 9.17) is 0 Å². The van der Waals surface area contributed by atoms with E-state index in [1.807, 2.05) is 23.1 Å². The lowest BCUT2D eigenvalue weighted by molar-refractivity contribution is 0.507. The first-order chi connectivity index (χ1) is 9.83. The predicted molar refractivity (Wildman–Crippen MR) is 81.7 cm³/mol. The van der Waals surface area contributed by atoms with E-state index < -0.39 is 0 Å². The third kappa shape index (κ3) is 3.10. The van der Waals surface area contributed by atoms with E-state index in [0.29, 0.717) is 6.04 Å². The highest BCUT2D eigenvalue weighted by molar-refractivity contribution is 5.36. The molecule has 0 amide bonds. The first kappa shape index (κ1) is 13.4. The number of aryl methyl sites for hydroxylation is 3. The fraction of sp³-hybridized carbons (Fsp3) is 0.471. The lowest BCUT2D eigenvalue weighted by Gasteiger charge is -2.15. The molecule has 1 N–H and O–H groups in total. The molecule has 3 nitrogen and oxygen atoms in total. The Morgan fingerprint density at radius 3 is 3.05 bits per heavy atom. The van der Waals surface area contributed by atoms with Crippen LogP contribution in [-0.4, -0.2) is 16.3 Å². The Morgan fingerprint density at radius 2 is 2.20 bits per heavy atom. The topological polar surface area (TPSA) is 29.9 Å². The smallest absolute Gasteiger partial charge is 0.0489 e. The van der Waals surface area contributed by atoms with Crippen molar-refractivity contribution >= 4 is 0 Å². The molecule has 0 fully saturated rings. The molecule has 2 aromatic rings. The van der Waals surface area contributed by atoms with E-state index in [9.17, 15) is 0 Å². The Balaban J connectivity index is 1.48. The van der Waals surface area contributed by atoms with Gasteiger partial charge in [-0.3, -0.25) is 4.68 Å². The maximum atomic E-state index is 4.22. The maximum absolute atomic E-state index is 4.22. The molecule has 1 aliphatic carbocycles. The summed E-state index contributed by atoms with van der Waals surface area (Å²) in [5, 5.41) is 7.83. The van der Waals surface area contributed by atoms with Gasteiger partial charge in [-0.2, -0.15) is 5.10 Å². The number of nitrogens with one attached hydrogen (secondary N) is 1. The van der Waals surface area contributed by atoms with Crippen LogP contribution in [0.5, 0.6) is 0 Å². The van der Waals surface area contributed by atoms with Gasteiger partial charge in [0.2, 0.25) is 0 Å². The van der Waals surface area contributed by atoms with Gasteiger partial charge in [-0.1, -0.05) is 18.2 Å². The summed E-state index contributed by atoms with van der Waals surface area (Å²) in [6.45, 7) is 4.26. The van der Waals surface area contributed by atoms with E-state index in [2.05, 4.69) is 35.5 Å². The highest BCUT2D eigenvalue weighted by Gasteiger charge is 2.13. The summed E-state index contributed by atoms with van der Waals surface area (Å²) in [7, 11) is 0. The Labute approximate surface area is 121 Å². The zero-order valence-corrected chi connectivity index (χ0v) is 12.2. The molecule has 106 valence electrons. The molecule has 0 saturated heterocycles. The van der Waals surface area contributed by atoms with Gasteiger partial charge >= 0.3 is 0 Å². The number of aromatic nitrogens is 2. The van der Waals surface area contributed by atoms with Gasteiger partial charge in [0.15, 0.2) is 0 Å². The van der Waals surface area contributed by atoms with Crippen LogP contribution in [0.25, 0.3) is 0 Å². The lowest BCUT2D eigenvalue weighted by Crippen LogP contribution is -2.21. The Hall–Kier alpha value is -1.61. The third-order valence-corrected chi connectivity index (χ3v) is 4.20. The summed E-state index contributed by atoms with van der Waals surface area (Å²) < 4.78 is 1.99. The largest absolute Gasteiger partial charge is 0.310 e. The normalized spacial score (nSPS) is 15.2. The number of nitrogens with zero attached hydrogens (tertiary/aromatic N) is 2. The van der Waals surface area contributed by atoms with Crippen LogP contribution in [-0.2, 0) is 19.4 Å². The molecule has 0 spiro atoms. The third-order valence-electron chi connectivity index (χ3n) is 4.20. The van der Waals surface area contributed by atoms with Crippen molar-refractivity contribution in [3.63, 3.8) is 0 Å². The van der Waals surface area contributed by atoms with E-state index in [0.717, 1.165) is 19.5 Å². The molecule has 0 aliphatic heterocycles. The second kappa shape index (κ2) is 6.23. The van der Waals surface area contributed by atoms with E-state index in [1.54, 1.807) is 11.1 Å². The molecular weight excluding hydrogens is 246 g/mol. The van der Waals surface area contributed by atoms with Crippen LogP contribution in [0.4, 0.5) is 0 Å². The summed E-state index contributed by atoms with van der Waals surface area (Å²) in [6, 6.07) is 9.40. The van der Waals surface area contributed by atoms with Crippen molar-refractivity contribution in [2.75, 3.05) is 6.54 Å². The summed E-state index contributed by atoms with van der Waals surface area (Å²) >= 11 is 0. The second-order valence-corrected chi connectivity index (χ2v) is 5.68. The van der Waals surface area contributed by atoms with Crippen molar-refractivity contribution < 1.29 is 0 Å². The minimum absolute atomic E-state index is 0.429. The Bertz CT molecular complexity index is 545. The van der Waals surface area contributed by atoms with Crippen LogP contribution in [0.3, 0.4) is 0 Å². The van der Waals surface area contributed by atoms with Gasteiger partial charge in [0.05, 0.1) is 0 Å². The van der Waals surface area contributed by atoms with E-state index in [1.165, 1.54) is 24.8 Å². The summed E-state index contributed by atoms with van der Waals surface area (Å²) in [5.74, 6) is 0. The first-order valence-electron chi connectivity index (χ1n) is 7.65. The first-order valence-corrected chi connectivity index (χ1v) is 7.65. The fourth-order valence-corrected chi connectivity index (χ4v) is 2.97.